The molecular formula is C15H26N2O2S. The highest BCUT2D eigenvalue weighted by Gasteiger charge is 2.35. The van der Waals surface area contributed by atoms with Crippen molar-refractivity contribution in [1.29, 1.82) is 0 Å². The molecule has 1 heterocycles. The number of amides is 2. The third-order valence-electron chi connectivity index (χ3n) is 4.45. The van der Waals surface area contributed by atoms with Crippen molar-refractivity contribution in [3.05, 3.63) is 0 Å². The molecule has 0 bridgehead atoms. The van der Waals surface area contributed by atoms with E-state index in [1.807, 2.05) is 16.7 Å². The van der Waals surface area contributed by atoms with Crippen molar-refractivity contribution in [3.8, 4) is 0 Å². The Bertz CT molecular complexity index is 362. The maximum Gasteiger partial charge on any atom is 0.245 e. The van der Waals surface area contributed by atoms with E-state index in [0.717, 1.165) is 25.7 Å². The minimum atomic E-state index is -0.301. The van der Waals surface area contributed by atoms with Crippen LogP contribution < -0.4 is 5.32 Å². The van der Waals surface area contributed by atoms with E-state index in [2.05, 4.69) is 18.5 Å². The summed E-state index contributed by atoms with van der Waals surface area (Å²) in [6.45, 7) is 2.65. The van der Waals surface area contributed by atoms with Crippen LogP contribution in [0.5, 0.6) is 0 Å². The smallest absolute Gasteiger partial charge is 0.245 e. The summed E-state index contributed by atoms with van der Waals surface area (Å²) in [7, 11) is 0. The minimum absolute atomic E-state index is 0.0246. The fourth-order valence-electron chi connectivity index (χ4n) is 3.32. The number of thioether (sulfide) groups is 1. The Hall–Kier alpha value is -0.710. The van der Waals surface area contributed by atoms with Crippen LogP contribution in [0.15, 0.2) is 0 Å². The van der Waals surface area contributed by atoms with Crippen LogP contribution in [-0.4, -0.2) is 46.8 Å². The number of nitrogens with zero attached hydrogens (tertiary/aromatic N) is 1. The van der Waals surface area contributed by atoms with Crippen LogP contribution >= 0.6 is 11.8 Å². The van der Waals surface area contributed by atoms with Crippen LogP contribution in [0.1, 0.15) is 51.9 Å². The summed E-state index contributed by atoms with van der Waals surface area (Å²) >= 11 is 1.91. The molecule has 2 rings (SSSR count). The first-order chi connectivity index (χ1) is 9.65. The van der Waals surface area contributed by atoms with Gasteiger partial charge in [-0.3, -0.25) is 9.59 Å². The molecule has 2 fully saturated rings. The molecule has 1 saturated heterocycles. The van der Waals surface area contributed by atoms with Gasteiger partial charge in [0.1, 0.15) is 6.04 Å². The molecule has 0 radical (unpaired) electrons. The van der Waals surface area contributed by atoms with Gasteiger partial charge in [-0.1, -0.05) is 19.8 Å². The fraction of sp³-hybridized carbons (Fsp3) is 0.867. The molecule has 4 nitrogen and oxygen atoms in total. The monoisotopic (exact) mass is 298 g/mol. The molecule has 5 heteroatoms. The van der Waals surface area contributed by atoms with E-state index in [-0.39, 0.29) is 17.9 Å². The highest BCUT2D eigenvalue weighted by molar-refractivity contribution is 7.99. The average molecular weight is 298 g/mol. The second-order valence-electron chi connectivity index (χ2n) is 5.87. The van der Waals surface area contributed by atoms with Crippen molar-refractivity contribution in [2.24, 2.45) is 0 Å². The van der Waals surface area contributed by atoms with Gasteiger partial charge >= 0.3 is 0 Å². The molecule has 114 valence electrons. The van der Waals surface area contributed by atoms with Crippen molar-refractivity contribution in [2.75, 3.05) is 12.8 Å². The number of rotatable bonds is 4. The lowest BCUT2D eigenvalue weighted by molar-refractivity contribution is -0.136. The molecule has 1 N–H and O–H groups in total. The standard InChI is InChI=1S/C15H26N2O2S/c1-3-5-13-15(19)17(9-8-14(18)16-13)11-6-4-7-12(10-11)20-2/h11-13H,3-10H2,1-2H3,(H,16,18). The van der Waals surface area contributed by atoms with Crippen LogP contribution in [0.25, 0.3) is 0 Å². The molecule has 1 saturated carbocycles. The molecule has 20 heavy (non-hydrogen) atoms. The maximum absolute atomic E-state index is 12.7. The van der Waals surface area contributed by atoms with Crippen LogP contribution in [0.2, 0.25) is 0 Å². The summed E-state index contributed by atoms with van der Waals surface area (Å²) in [5.74, 6) is 0.168. The molecule has 0 aromatic rings. The summed E-state index contributed by atoms with van der Waals surface area (Å²) in [5.41, 5.74) is 0. The van der Waals surface area contributed by atoms with Crippen LogP contribution in [0.3, 0.4) is 0 Å². The normalized spacial score (nSPS) is 31.9. The largest absolute Gasteiger partial charge is 0.344 e. The quantitative estimate of drug-likeness (QED) is 0.865. The van der Waals surface area contributed by atoms with E-state index >= 15 is 0 Å². The van der Waals surface area contributed by atoms with Gasteiger partial charge in [-0.05, 0) is 31.9 Å². The van der Waals surface area contributed by atoms with Crippen LogP contribution in [0.4, 0.5) is 0 Å². The first kappa shape index (κ1) is 15.7. The highest BCUT2D eigenvalue weighted by atomic mass is 32.2. The number of hydrogen-bond acceptors (Lipinski definition) is 3. The second-order valence-corrected chi connectivity index (χ2v) is 7.01. The fourth-order valence-corrected chi connectivity index (χ4v) is 4.14. The number of carbonyl (C=O) groups excluding carboxylic acids is 2. The number of hydrogen-bond donors (Lipinski definition) is 1. The Labute approximate surface area is 126 Å². The summed E-state index contributed by atoms with van der Waals surface area (Å²) in [6.07, 6.45) is 8.90. The van der Waals surface area contributed by atoms with Gasteiger partial charge in [0.2, 0.25) is 11.8 Å². The van der Waals surface area contributed by atoms with Crippen molar-refractivity contribution in [1.82, 2.24) is 10.2 Å². The van der Waals surface area contributed by atoms with Gasteiger partial charge in [-0.2, -0.15) is 11.8 Å². The van der Waals surface area contributed by atoms with Gasteiger partial charge in [0.15, 0.2) is 0 Å². The summed E-state index contributed by atoms with van der Waals surface area (Å²) in [5, 5.41) is 3.55. The molecule has 3 unspecified atom stereocenters. The molecule has 0 aromatic heterocycles. The van der Waals surface area contributed by atoms with Gasteiger partial charge in [0.25, 0.3) is 0 Å². The van der Waals surface area contributed by atoms with E-state index in [9.17, 15) is 9.59 Å². The molecule has 1 aliphatic heterocycles. The zero-order valence-corrected chi connectivity index (χ0v) is 13.4. The topological polar surface area (TPSA) is 49.4 Å². The van der Waals surface area contributed by atoms with E-state index in [1.165, 1.54) is 12.8 Å². The van der Waals surface area contributed by atoms with Gasteiger partial charge in [-0.25, -0.2) is 0 Å². The highest BCUT2D eigenvalue weighted by Crippen LogP contribution is 2.30. The predicted octanol–water partition coefficient (Wildman–Crippen LogP) is 2.18. The van der Waals surface area contributed by atoms with Crippen molar-refractivity contribution in [3.63, 3.8) is 0 Å². The number of carbonyl (C=O) groups is 2. The molecule has 0 spiro atoms. The molecular weight excluding hydrogens is 272 g/mol. The first-order valence-corrected chi connectivity index (χ1v) is 9.07. The lowest BCUT2D eigenvalue weighted by Gasteiger charge is -2.37. The van der Waals surface area contributed by atoms with E-state index in [4.69, 9.17) is 0 Å². The molecule has 3 atom stereocenters. The predicted molar refractivity (Wildman–Crippen MR) is 82.7 cm³/mol. The zero-order chi connectivity index (χ0) is 14.5. The molecule has 1 aliphatic carbocycles. The first-order valence-electron chi connectivity index (χ1n) is 7.78. The lowest BCUT2D eigenvalue weighted by Crippen LogP contribution is -2.49. The van der Waals surface area contributed by atoms with E-state index in [1.54, 1.807) is 0 Å². The Balaban J connectivity index is 2.07. The molecule has 2 amide bonds. The third kappa shape index (κ3) is 3.68. The van der Waals surface area contributed by atoms with E-state index in [0.29, 0.717) is 24.3 Å². The second kappa shape index (κ2) is 7.34. The maximum atomic E-state index is 12.7. The summed E-state index contributed by atoms with van der Waals surface area (Å²) in [4.78, 5) is 26.4. The Morgan fingerprint density at radius 3 is 2.85 bits per heavy atom. The van der Waals surface area contributed by atoms with Gasteiger partial charge in [0.05, 0.1) is 0 Å². The van der Waals surface area contributed by atoms with E-state index < -0.39 is 0 Å². The molecule has 0 aromatic carbocycles. The zero-order valence-electron chi connectivity index (χ0n) is 12.6. The Kier molecular flexibility index (Phi) is 5.75. The third-order valence-corrected chi connectivity index (χ3v) is 5.54. The summed E-state index contributed by atoms with van der Waals surface area (Å²) < 4.78 is 0. The van der Waals surface area contributed by atoms with Crippen molar-refractivity contribution < 1.29 is 9.59 Å². The minimum Gasteiger partial charge on any atom is -0.344 e. The SMILES string of the molecule is CCCC1NC(=O)CCN(C2CCCC(SC)C2)C1=O. The summed E-state index contributed by atoms with van der Waals surface area (Å²) in [6, 6.07) is 0.0328. The average Bonchev–Trinajstić information content (AvgIpc) is 2.59. The van der Waals surface area contributed by atoms with Crippen LogP contribution in [-0.2, 0) is 9.59 Å². The number of nitrogens with one attached hydrogen (secondary N) is 1. The van der Waals surface area contributed by atoms with Crippen molar-refractivity contribution in [2.45, 2.75) is 69.2 Å². The van der Waals surface area contributed by atoms with Gasteiger partial charge < -0.3 is 10.2 Å². The molecule has 2 aliphatic rings. The van der Waals surface area contributed by atoms with Gasteiger partial charge in [-0.15, -0.1) is 0 Å². The van der Waals surface area contributed by atoms with Gasteiger partial charge in [0, 0.05) is 24.3 Å². The Morgan fingerprint density at radius 1 is 1.35 bits per heavy atom. The Morgan fingerprint density at radius 2 is 2.15 bits per heavy atom. The lowest BCUT2D eigenvalue weighted by atomic mass is 9.93. The van der Waals surface area contributed by atoms with Crippen molar-refractivity contribution >= 4 is 23.6 Å². The van der Waals surface area contributed by atoms with Crippen LogP contribution in [0, 0.1) is 0 Å².